The second-order valence-electron chi connectivity index (χ2n) is 4.21. The quantitative estimate of drug-likeness (QED) is 0.707. The molecule has 1 aromatic carbocycles. The van der Waals surface area contributed by atoms with Crippen LogP contribution in [0.2, 0.25) is 0 Å². The summed E-state index contributed by atoms with van der Waals surface area (Å²) < 4.78 is 5.54. The molecule has 0 aliphatic rings. The second-order valence-corrected chi connectivity index (χ2v) is 4.21. The molecule has 90 valence electrons. The zero-order chi connectivity index (χ0) is 12.7. The third-order valence-electron chi connectivity index (χ3n) is 2.78. The van der Waals surface area contributed by atoms with Crippen LogP contribution in [0.1, 0.15) is 11.5 Å². The van der Waals surface area contributed by atoms with Crippen LogP contribution in [0.15, 0.2) is 28.7 Å². The topological polar surface area (TPSA) is 77.8 Å². The number of nitrogens with zero attached hydrogens (tertiary/aromatic N) is 3. The first-order valence-electron chi connectivity index (χ1n) is 5.61. The predicted molar refractivity (Wildman–Crippen MR) is 68.9 cm³/mol. The van der Waals surface area contributed by atoms with Gasteiger partial charge in [-0.3, -0.25) is 0 Å². The molecule has 0 saturated heterocycles. The van der Waals surface area contributed by atoms with Gasteiger partial charge in [0.1, 0.15) is 11.3 Å². The van der Waals surface area contributed by atoms with Crippen molar-refractivity contribution in [3.8, 4) is 11.3 Å². The van der Waals surface area contributed by atoms with Gasteiger partial charge in [0, 0.05) is 10.9 Å². The summed E-state index contributed by atoms with van der Waals surface area (Å²) in [5.74, 6) is 1.07. The molecule has 0 spiro atoms. The number of aromatic nitrogens is 3. The van der Waals surface area contributed by atoms with Crippen molar-refractivity contribution < 1.29 is 4.42 Å². The number of hydrogen-bond donors (Lipinski definition) is 1. The van der Waals surface area contributed by atoms with Gasteiger partial charge in [0.25, 0.3) is 0 Å². The van der Waals surface area contributed by atoms with Crippen molar-refractivity contribution in [3.63, 3.8) is 0 Å². The van der Waals surface area contributed by atoms with Crippen LogP contribution in [-0.2, 0) is 0 Å². The lowest BCUT2D eigenvalue weighted by molar-refractivity contribution is 0.578. The van der Waals surface area contributed by atoms with Gasteiger partial charge >= 0.3 is 0 Å². The molecule has 0 saturated carbocycles. The number of furan rings is 1. The molecule has 2 N–H and O–H groups in total. The Balaban J connectivity index is 2.21. The van der Waals surface area contributed by atoms with E-state index in [1.807, 2.05) is 38.1 Å². The fourth-order valence-electron chi connectivity index (χ4n) is 1.99. The van der Waals surface area contributed by atoms with Gasteiger partial charge < -0.3 is 10.2 Å². The highest BCUT2D eigenvalue weighted by Crippen LogP contribution is 2.26. The Kier molecular flexibility index (Phi) is 2.26. The Bertz CT molecular complexity index is 733. The minimum Gasteiger partial charge on any atom is -0.461 e. The van der Waals surface area contributed by atoms with Gasteiger partial charge in [0.2, 0.25) is 5.95 Å². The summed E-state index contributed by atoms with van der Waals surface area (Å²) >= 11 is 0. The van der Waals surface area contributed by atoms with Crippen LogP contribution >= 0.6 is 0 Å². The van der Waals surface area contributed by atoms with Gasteiger partial charge in [-0.05, 0) is 38.1 Å². The zero-order valence-corrected chi connectivity index (χ0v) is 10.1. The van der Waals surface area contributed by atoms with Crippen molar-refractivity contribution in [2.75, 3.05) is 5.73 Å². The molecule has 0 amide bonds. The van der Waals surface area contributed by atoms with Gasteiger partial charge in [-0.25, -0.2) is 4.98 Å². The van der Waals surface area contributed by atoms with Crippen LogP contribution in [0.25, 0.3) is 22.2 Å². The first-order chi connectivity index (χ1) is 8.63. The molecule has 5 nitrogen and oxygen atoms in total. The van der Waals surface area contributed by atoms with Crippen molar-refractivity contribution in [1.82, 2.24) is 15.2 Å². The highest BCUT2D eigenvalue weighted by Gasteiger charge is 2.09. The normalized spacial score (nSPS) is 11.0. The van der Waals surface area contributed by atoms with E-state index in [0.29, 0.717) is 0 Å². The van der Waals surface area contributed by atoms with E-state index in [1.165, 1.54) is 0 Å². The maximum Gasteiger partial charge on any atom is 0.240 e. The Morgan fingerprint density at radius 1 is 1.11 bits per heavy atom. The van der Waals surface area contributed by atoms with E-state index in [2.05, 4.69) is 15.2 Å². The molecule has 0 unspecified atom stereocenters. The number of benzene rings is 1. The second kappa shape index (κ2) is 3.80. The average Bonchev–Trinajstić information content (AvgIpc) is 2.71. The van der Waals surface area contributed by atoms with E-state index >= 15 is 0 Å². The van der Waals surface area contributed by atoms with Crippen molar-refractivity contribution >= 4 is 16.9 Å². The number of nitrogens with two attached hydrogens (primary N) is 1. The van der Waals surface area contributed by atoms with E-state index in [9.17, 15) is 0 Å². The minimum atomic E-state index is 0.180. The Morgan fingerprint density at radius 2 is 1.94 bits per heavy atom. The Labute approximate surface area is 104 Å². The van der Waals surface area contributed by atoms with Crippen LogP contribution in [0.4, 0.5) is 5.95 Å². The number of aryl methyl sites for hydroxylation is 2. The van der Waals surface area contributed by atoms with E-state index in [-0.39, 0.29) is 5.95 Å². The first-order valence-corrected chi connectivity index (χ1v) is 5.61. The molecule has 2 aromatic heterocycles. The lowest BCUT2D eigenvalue weighted by atomic mass is 10.1. The molecule has 0 radical (unpaired) electrons. The molecule has 0 fully saturated rings. The number of anilines is 1. The Morgan fingerprint density at radius 3 is 2.78 bits per heavy atom. The minimum absolute atomic E-state index is 0.180. The molecule has 18 heavy (non-hydrogen) atoms. The fourth-order valence-corrected chi connectivity index (χ4v) is 1.99. The fraction of sp³-hybridized carbons (Fsp3) is 0.154. The van der Waals surface area contributed by atoms with Gasteiger partial charge in [-0.15, -0.1) is 10.2 Å². The van der Waals surface area contributed by atoms with Crippen LogP contribution < -0.4 is 5.73 Å². The SMILES string of the molecule is Cc1cc2cc(-c3nc(N)nnc3C)ccc2o1. The van der Waals surface area contributed by atoms with Crippen LogP contribution in [0.3, 0.4) is 0 Å². The van der Waals surface area contributed by atoms with Crippen LogP contribution in [0.5, 0.6) is 0 Å². The molecule has 0 bridgehead atoms. The molecular weight excluding hydrogens is 228 g/mol. The molecule has 3 rings (SSSR count). The van der Waals surface area contributed by atoms with E-state index in [1.54, 1.807) is 0 Å². The van der Waals surface area contributed by atoms with E-state index < -0.39 is 0 Å². The standard InChI is InChI=1S/C13H12N4O/c1-7-5-10-6-9(3-4-11(10)18-7)12-8(2)16-17-13(14)15-12/h3-6H,1-2H3,(H2,14,15,17). The third kappa shape index (κ3) is 1.69. The summed E-state index contributed by atoms with van der Waals surface area (Å²) in [4.78, 5) is 4.23. The molecule has 3 aromatic rings. The van der Waals surface area contributed by atoms with Crippen molar-refractivity contribution in [3.05, 3.63) is 35.7 Å². The molecular formula is C13H12N4O. The predicted octanol–water partition coefficient (Wildman–Crippen LogP) is 2.48. The molecule has 5 heteroatoms. The van der Waals surface area contributed by atoms with Crippen LogP contribution in [-0.4, -0.2) is 15.2 Å². The summed E-state index contributed by atoms with van der Waals surface area (Å²) in [5.41, 5.74) is 8.91. The van der Waals surface area contributed by atoms with Gasteiger partial charge in [-0.2, -0.15) is 0 Å². The largest absolute Gasteiger partial charge is 0.461 e. The number of rotatable bonds is 1. The van der Waals surface area contributed by atoms with E-state index in [4.69, 9.17) is 10.2 Å². The first kappa shape index (κ1) is 10.7. The molecule has 0 aliphatic carbocycles. The number of hydrogen-bond acceptors (Lipinski definition) is 5. The van der Waals surface area contributed by atoms with E-state index in [0.717, 1.165) is 33.7 Å². The lowest BCUT2D eigenvalue weighted by Gasteiger charge is -2.03. The lowest BCUT2D eigenvalue weighted by Crippen LogP contribution is -2.01. The van der Waals surface area contributed by atoms with Gasteiger partial charge in [0.05, 0.1) is 11.4 Å². The third-order valence-corrected chi connectivity index (χ3v) is 2.78. The molecule has 0 atom stereocenters. The maximum atomic E-state index is 5.58. The summed E-state index contributed by atoms with van der Waals surface area (Å²) in [7, 11) is 0. The highest BCUT2D eigenvalue weighted by molar-refractivity contribution is 5.83. The van der Waals surface area contributed by atoms with Crippen molar-refractivity contribution in [2.24, 2.45) is 0 Å². The number of fused-ring (bicyclic) bond motifs is 1. The zero-order valence-electron chi connectivity index (χ0n) is 10.1. The average molecular weight is 240 g/mol. The van der Waals surface area contributed by atoms with Crippen LogP contribution in [0, 0.1) is 13.8 Å². The van der Waals surface area contributed by atoms with Gasteiger partial charge in [-0.1, -0.05) is 0 Å². The summed E-state index contributed by atoms with van der Waals surface area (Å²) in [6.07, 6.45) is 0. The maximum absolute atomic E-state index is 5.58. The van der Waals surface area contributed by atoms with Gasteiger partial charge in [0.15, 0.2) is 0 Å². The summed E-state index contributed by atoms with van der Waals surface area (Å²) in [6.45, 7) is 3.79. The Hall–Kier alpha value is -2.43. The molecule has 0 aliphatic heterocycles. The van der Waals surface area contributed by atoms with Crippen molar-refractivity contribution in [1.29, 1.82) is 0 Å². The summed E-state index contributed by atoms with van der Waals surface area (Å²) in [5, 5.41) is 8.75. The molecule has 2 heterocycles. The monoisotopic (exact) mass is 240 g/mol. The van der Waals surface area contributed by atoms with Crippen molar-refractivity contribution in [2.45, 2.75) is 13.8 Å². The summed E-state index contributed by atoms with van der Waals surface area (Å²) in [6, 6.07) is 7.88. The smallest absolute Gasteiger partial charge is 0.240 e. The number of nitrogen functional groups attached to an aromatic ring is 1. The highest BCUT2D eigenvalue weighted by atomic mass is 16.3.